The minimum atomic E-state index is -1.05. The standard InChI is InChI=1S/C27H28FN5O3/c28-20-5-3-9-23(17-20)33(25(35)11-10-24(34)31-22-8-4-14-30-18-22)26(19-12-15-29-16-13-19)27(36)32-21-6-1-2-7-21/h3-5,8-9,12-18,21,26H,1-2,6-7,10-11H2,(H,31,34)(H,32,36)/t26-/m1/s1. The van der Waals surface area contributed by atoms with Crippen LogP contribution in [-0.2, 0) is 14.4 Å². The summed E-state index contributed by atoms with van der Waals surface area (Å²) in [6.45, 7) is 0. The Morgan fingerprint density at radius 2 is 1.75 bits per heavy atom. The maximum Gasteiger partial charge on any atom is 0.248 e. The van der Waals surface area contributed by atoms with Crippen molar-refractivity contribution in [2.75, 3.05) is 10.2 Å². The summed E-state index contributed by atoms with van der Waals surface area (Å²) in [4.78, 5) is 48.9. The zero-order valence-electron chi connectivity index (χ0n) is 19.8. The van der Waals surface area contributed by atoms with Gasteiger partial charge in [-0.2, -0.15) is 0 Å². The summed E-state index contributed by atoms with van der Waals surface area (Å²) < 4.78 is 14.2. The maximum absolute atomic E-state index is 14.2. The van der Waals surface area contributed by atoms with Gasteiger partial charge in [-0.25, -0.2) is 4.39 Å². The van der Waals surface area contributed by atoms with Crippen LogP contribution in [0.15, 0.2) is 73.3 Å². The number of hydrogen-bond acceptors (Lipinski definition) is 5. The molecular weight excluding hydrogens is 461 g/mol. The number of rotatable bonds is 9. The third-order valence-corrected chi connectivity index (χ3v) is 6.10. The number of carbonyl (C=O) groups is 3. The molecule has 0 radical (unpaired) electrons. The molecule has 0 aliphatic heterocycles. The van der Waals surface area contributed by atoms with Crippen molar-refractivity contribution < 1.29 is 18.8 Å². The van der Waals surface area contributed by atoms with Crippen LogP contribution in [0.1, 0.15) is 50.1 Å². The van der Waals surface area contributed by atoms with Gasteiger partial charge in [0.2, 0.25) is 17.7 Å². The SMILES string of the molecule is O=C(CCC(=O)N(c1cccc(F)c1)[C@@H](C(=O)NC1CCCC1)c1ccncc1)Nc1cccnc1. The van der Waals surface area contributed by atoms with Gasteiger partial charge in [0, 0.05) is 43.2 Å². The number of aromatic nitrogens is 2. The smallest absolute Gasteiger partial charge is 0.248 e. The van der Waals surface area contributed by atoms with E-state index in [4.69, 9.17) is 0 Å². The van der Waals surface area contributed by atoms with Crippen LogP contribution in [0.25, 0.3) is 0 Å². The Labute approximate surface area is 209 Å². The molecule has 2 aromatic heterocycles. The minimum absolute atomic E-state index is 0.0246. The fraction of sp³-hybridized carbons (Fsp3) is 0.296. The largest absolute Gasteiger partial charge is 0.351 e. The topological polar surface area (TPSA) is 104 Å². The van der Waals surface area contributed by atoms with Gasteiger partial charge in [-0.1, -0.05) is 18.9 Å². The fourth-order valence-electron chi connectivity index (χ4n) is 4.38. The molecule has 2 N–H and O–H groups in total. The predicted octanol–water partition coefficient (Wildman–Crippen LogP) is 4.17. The molecule has 8 nitrogen and oxygen atoms in total. The molecular formula is C27H28FN5O3. The number of nitrogens with zero attached hydrogens (tertiary/aromatic N) is 3. The molecule has 1 aromatic carbocycles. The molecule has 0 spiro atoms. The quantitative estimate of drug-likeness (QED) is 0.470. The van der Waals surface area contributed by atoms with Crippen molar-refractivity contribution in [1.29, 1.82) is 0 Å². The third-order valence-electron chi connectivity index (χ3n) is 6.10. The van der Waals surface area contributed by atoms with Crippen LogP contribution in [0.3, 0.4) is 0 Å². The molecule has 3 amide bonds. The van der Waals surface area contributed by atoms with E-state index in [0.29, 0.717) is 11.3 Å². The fourth-order valence-corrected chi connectivity index (χ4v) is 4.38. The van der Waals surface area contributed by atoms with Crippen molar-refractivity contribution in [1.82, 2.24) is 15.3 Å². The monoisotopic (exact) mass is 489 g/mol. The van der Waals surface area contributed by atoms with Crippen molar-refractivity contribution in [2.45, 2.75) is 50.6 Å². The van der Waals surface area contributed by atoms with E-state index >= 15 is 0 Å². The Morgan fingerprint density at radius 3 is 2.44 bits per heavy atom. The van der Waals surface area contributed by atoms with E-state index in [-0.39, 0.29) is 36.4 Å². The lowest BCUT2D eigenvalue weighted by Crippen LogP contribution is -2.46. The van der Waals surface area contributed by atoms with E-state index in [1.807, 2.05) is 0 Å². The van der Waals surface area contributed by atoms with E-state index in [2.05, 4.69) is 20.6 Å². The summed E-state index contributed by atoms with van der Waals surface area (Å²) in [7, 11) is 0. The Hall–Kier alpha value is -4.14. The molecule has 36 heavy (non-hydrogen) atoms. The van der Waals surface area contributed by atoms with Crippen molar-refractivity contribution in [2.24, 2.45) is 0 Å². The van der Waals surface area contributed by atoms with E-state index in [9.17, 15) is 18.8 Å². The molecule has 1 aliphatic carbocycles. The second-order valence-corrected chi connectivity index (χ2v) is 8.71. The highest BCUT2D eigenvalue weighted by atomic mass is 19.1. The van der Waals surface area contributed by atoms with E-state index in [1.54, 1.807) is 48.9 Å². The lowest BCUT2D eigenvalue weighted by Gasteiger charge is -2.32. The van der Waals surface area contributed by atoms with Gasteiger partial charge in [-0.15, -0.1) is 0 Å². The first kappa shape index (κ1) is 25.0. The molecule has 9 heteroatoms. The first-order valence-corrected chi connectivity index (χ1v) is 12.0. The molecule has 2 heterocycles. The molecule has 0 unspecified atom stereocenters. The molecule has 1 fully saturated rings. The minimum Gasteiger partial charge on any atom is -0.351 e. The van der Waals surface area contributed by atoms with Crippen molar-refractivity contribution >= 4 is 29.1 Å². The number of halogens is 1. The zero-order valence-corrected chi connectivity index (χ0v) is 19.8. The second-order valence-electron chi connectivity index (χ2n) is 8.71. The number of nitrogens with one attached hydrogen (secondary N) is 2. The maximum atomic E-state index is 14.2. The Morgan fingerprint density at radius 1 is 0.972 bits per heavy atom. The molecule has 186 valence electrons. The highest BCUT2D eigenvalue weighted by molar-refractivity contribution is 6.03. The number of pyridine rings is 2. The average Bonchev–Trinajstić information content (AvgIpc) is 3.40. The van der Waals surface area contributed by atoms with Crippen LogP contribution >= 0.6 is 0 Å². The molecule has 1 atom stereocenters. The van der Waals surface area contributed by atoms with Gasteiger partial charge in [-0.3, -0.25) is 29.3 Å². The second kappa shape index (κ2) is 12.0. The number of anilines is 2. The van der Waals surface area contributed by atoms with Crippen LogP contribution in [0, 0.1) is 5.82 Å². The first-order valence-electron chi connectivity index (χ1n) is 12.0. The average molecular weight is 490 g/mol. The summed E-state index contributed by atoms with van der Waals surface area (Å²) in [5.41, 5.74) is 1.29. The van der Waals surface area contributed by atoms with Gasteiger partial charge >= 0.3 is 0 Å². The van der Waals surface area contributed by atoms with Crippen molar-refractivity contribution in [3.8, 4) is 0 Å². The third kappa shape index (κ3) is 6.50. The number of hydrogen-bond donors (Lipinski definition) is 2. The van der Waals surface area contributed by atoms with Gasteiger partial charge < -0.3 is 10.6 Å². The van der Waals surface area contributed by atoms with Gasteiger partial charge in [0.25, 0.3) is 0 Å². The van der Waals surface area contributed by atoms with Gasteiger partial charge in [0.05, 0.1) is 11.9 Å². The zero-order chi connectivity index (χ0) is 25.3. The molecule has 1 aliphatic rings. The number of benzene rings is 1. The van der Waals surface area contributed by atoms with E-state index in [0.717, 1.165) is 25.7 Å². The van der Waals surface area contributed by atoms with Gasteiger partial charge in [-0.05, 0) is 60.9 Å². The molecule has 0 saturated heterocycles. The number of amides is 3. The lowest BCUT2D eigenvalue weighted by atomic mass is 10.0. The Bertz CT molecular complexity index is 1190. The van der Waals surface area contributed by atoms with Crippen LogP contribution in [0.5, 0.6) is 0 Å². The summed E-state index contributed by atoms with van der Waals surface area (Å²) in [6, 6.07) is 11.2. The van der Waals surface area contributed by atoms with Gasteiger partial charge in [0.15, 0.2) is 0 Å². The van der Waals surface area contributed by atoms with Crippen molar-refractivity contribution in [3.05, 3.63) is 84.7 Å². The van der Waals surface area contributed by atoms with Crippen molar-refractivity contribution in [3.63, 3.8) is 0 Å². The van der Waals surface area contributed by atoms with Crippen LogP contribution in [0.4, 0.5) is 15.8 Å². The molecule has 1 saturated carbocycles. The predicted molar refractivity (Wildman–Crippen MR) is 133 cm³/mol. The first-order chi connectivity index (χ1) is 17.5. The van der Waals surface area contributed by atoms with Gasteiger partial charge in [0.1, 0.15) is 11.9 Å². The van der Waals surface area contributed by atoms with E-state index < -0.39 is 17.8 Å². The summed E-state index contributed by atoms with van der Waals surface area (Å²) in [6.07, 6.45) is 9.69. The molecule has 4 rings (SSSR count). The highest BCUT2D eigenvalue weighted by Gasteiger charge is 2.34. The summed E-state index contributed by atoms with van der Waals surface area (Å²) in [5, 5.41) is 5.76. The Balaban J connectivity index is 1.60. The van der Waals surface area contributed by atoms with E-state index in [1.165, 1.54) is 29.3 Å². The Kier molecular flexibility index (Phi) is 8.33. The highest BCUT2D eigenvalue weighted by Crippen LogP contribution is 2.30. The molecule has 0 bridgehead atoms. The van der Waals surface area contributed by atoms with Crippen LogP contribution in [0.2, 0.25) is 0 Å². The summed E-state index contributed by atoms with van der Waals surface area (Å²) >= 11 is 0. The molecule has 3 aromatic rings. The lowest BCUT2D eigenvalue weighted by molar-refractivity contribution is -0.127. The van der Waals surface area contributed by atoms with Crippen LogP contribution in [-0.4, -0.2) is 33.7 Å². The number of carbonyl (C=O) groups excluding carboxylic acids is 3. The van der Waals surface area contributed by atoms with Crippen LogP contribution < -0.4 is 15.5 Å². The normalized spacial score (nSPS) is 14.1. The summed E-state index contributed by atoms with van der Waals surface area (Å²) in [5.74, 6) is -1.74.